The van der Waals surface area contributed by atoms with Crippen LogP contribution in [0.5, 0.6) is 0 Å². The van der Waals surface area contributed by atoms with E-state index < -0.39 is 0 Å². The number of nitrogens with zero attached hydrogens (tertiary/aromatic N) is 6. The van der Waals surface area contributed by atoms with Crippen molar-refractivity contribution in [2.75, 3.05) is 0 Å². The van der Waals surface area contributed by atoms with Gasteiger partial charge >= 0.3 is 0 Å². The summed E-state index contributed by atoms with van der Waals surface area (Å²) >= 11 is 0. The van der Waals surface area contributed by atoms with Gasteiger partial charge in [0.1, 0.15) is 5.82 Å². The SMILES string of the molecule is C1=CC(C2=CCC(c3nc4ccccc4n3-c3ccccc3)C=N2)CC=C1c1ccc(-c2nc(-c3ccccc3)nc(-c3ccccc3)n2)cc1. The summed E-state index contributed by atoms with van der Waals surface area (Å²) in [6.45, 7) is 0. The Hall–Kier alpha value is -6.53. The van der Waals surface area contributed by atoms with Crippen LogP contribution in [0.2, 0.25) is 0 Å². The van der Waals surface area contributed by atoms with Gasteiger partial charge in [-0.3, -0.25) is 9.56 Å². The summed E-state index contributed by atoms with van der Waals surface area (Å²) in [5.41, 5.74) is 9.59. The first-order valence-corrected chi connectivity index (χ1v) is 17.4. The molecule has 0 radical (unpaired) electrons. The van der Waals surface area contributed by atoms with Crippen molar-refractivity contribution in [1.82, 2.24) is 24.5 Å². The lowest BCUT2D eigenvalue weighted by Crippen LogP contribution is -2.13. The normalized spacial score (nSPS) is 16.9. The average molecular weight is 659 g/mol. The zero-order chi connectivity index (χ0) is 34.0. The number of para-hydroxylation sites is 3. The van der Waals surface area contributed by atoms with Gasteiger partial charge in [-0.2, -0.15) is 0 Å². The zero-order valence-corrected chi connectivity index (χ0v) is 27.9. The molecule has 1 aliphatic heterocycles. The number of hydrogen-bond acceptors (Lipinski definition) is 5. The van der Waals surface area contributed by atoms with Gasteiger partial charge in [0.25, 0.3) is 0 Å². The highest BCUT2D eigenvalue weighted by Gasteiger charge is 2.24. The van der Waals surface area contributed by atoms with Gasteiger partial charge < -0.3 is 0 Å². The van der Waals surface area contributed by atoms with E-state index >= 15 is 0 Å². The van der Waals surface area contributed by atoms with Crippen LogP contribution in [0.4, 0.5) is 0 Å². The molecule has 9 rings (SSSR count). The Bertz CT molecular complexity index is 2400. The molecule has 6 nitrogen and oxygen atoms in total. The third-order valence-electron chi connectivity index (χ3n) is 9.57. The van der Waals surface area contributed by atoms with Crippen molar-refractivity contribution in [3.8, 4) is 39.9 Å². The largest absolute Gasteiger partial charge is 0.296 e. The van der Waals surface area contributed by atoms with E-state index in [-0.39, 0.29) is 11.8 Å². The fourth-order valence-corrected chi connectivity index (χ4v) is 6.90. The number of aliphatic imine (C=N–C) groups is 1. The summed E-state index contributed by atoms with van der Waals surface area (Å²) in [6, 6.07) is 47.5. The summed E-state index contributed by atoms with van der Waals surface area (Å²) in [5, 5.41) is 0. The number of allylic oxidation sites excluding steroid dienone is 5. The van der Waals surface area contributed by atoms with Gasteiger partial charge in [-0.25, -0.2) is 19.9 Å². The number of imidazole rings is 1. The van der Waals surface area contributed by atoms with Crippen LogP contribution < -0.4 is 0 Å². The lowest BCUT2D eigenvalue weighted by Gasteiger charge is -2.22. The highest BCUT2D eigenvalue weighted by molar-refractivity contribution is 5.81. The molecule has 51 heavy (non-hydrogen) atoms. The molecule has 0 saturated carbocycles. The molecule has 2 atom stereocenters. The standard InChI is InChI=1S/C45H34N6/c1-4-12-34(13-5-1)42-48-43(35-14-6-2-7-15-35)50-44(49-42)36-26-22-32(23-27-36)31-20-24-33(25-21-31)39-29-28-37(30-46-39)45-47-40-18-10-11-19-41(40)51(45)38-16-8-3-9-17-38/h1-24,26-27,29-30,33,37H,25,28H2. The van der Waals surface area contributed by atoms with Crippen molar-refractivity contribution in [2.24, 2.45) is 10.9 Å². The first-order valence-electron chi connectivity index (χ1n) is 17.4. The van der Waals surface area contributed by atoms with Crippen LogP contribution in [0.1, 0.15) is 30.1 Å². The van der Waals surface area contributed by atoms with Crippen molar-refractivity contribution in [3.05, 3.63) is 181 Å². The number of hydrogen-bond donors (Lipinski definition) is 0. The molecule has 0 saturated heterocycles. The molecule has 2 unspecified atom stereocenters. The van der Waals surface area contributed by atoms with Crippen molar-refractivity contribution in [3.63, 3.8) is 0 Å². The highest BCUT2D eigenvalue weighted by Crippen LogP contribution is 2.35. The molecule has 0 fully saturated rings. The summed E-state index contributed by atoms with van der Waals surface area (Å²) in [7, 11) is 0. The summed E-state index contributed by atoms with van der Waals surface area (Å²) in [4.78, 5) is 24.7. The van der Waals surface area contributed by atoms with Crippen molar-refractivity contribution in [1.29, 1.82) is 0 Å². The molecule has 7 aromatic rings. The number of fused-ring (bicyclic) bond motifs is 1. The third kappa shape index (κ3) is 6.13. The maximum Gasteiger partial charge on any atom is 0.164 e. The van der Waals surface area contributed by atoms with Crippen LogP contribution >= 0.6 is 0 Å². The molecule has 2 aromatic heterocycles. The van der Waals surface area contributed by atoms with Crippen LogP contribution in [0.25, 0.3) is 56.5 Å². The van der Waals surface area contributed by atoms with Crippen LogP contribution in [-0.2, 0) is 0 Å². The number of aromatic nitrogens is 5. The molecule has 0 bridgehead atoms. The predicted molar refractivity (Wildman–Crippen MR) is 206 cm³/mol. The van der Waals surface area contributed by atoms with Crippen molar-refractivity contribution >= 4 is 22.8 Å². The predicted octanol–water partition coefficient (Wildman–Crippen LogP) is 10.3. The second-order valence-corrected chi connectivity index (χ2v) is 12.9. The lowest BCUT2D eigenvalue weighted by atomic mass is 9.89. The lowest BCUT2D eigenvalue weighted by molar-refractivity contribution is 0.719. The molecular weight excluding hydrogens is 625 g/mol. The second-order valence-electron chi connectivity index (χ2n) is 12.9. The summed E-state index contributed by atoms with van der Waals surface area (Å²) in [6.07, 6.45) is 13.0. The van der Waals surface area contributed by atoms with Gasteiger partial charge in [0.05, 0.1) is 17.0 Å². The molecular formula is C45H34N6. The van der Waals surface area contributed by atoms with E-state index in [1.807, 2.05) is 72.8 Å². The minimum Gasteiger partial charge on any atom is -0.296 e. The molecule has 0 spiro atoms. The summed E-state index contributed by atoms with van der Waals surface area (Å²) in [5.74, 6) is 3.35. The number of benzene rings is 5. The highest BCUT2D eigenvalue weighted by atomic mass is 15.1. The minimum absolute atomic E-state index is 0.107. The quantitative estimate of drug-likeness (QED) is 0.171. The molecule has 3 heterocycles. The van der Waals surface area contributed by atoms with E-state index in [4.69, 9.17) is 24.9 Å². The van der Waals surface area contributed by atoms with Gasteiger partial charge in [-0.05, 0) is 48.2 Å². The van der Waals surface area contributed by atoms with Gasteiger partial charge in [0.15, 0.2) is 17.5 Å². The van der Waals surface area contributed by atoms with Gasteiger partial charge in [-0.1, -0.05) is 140 Å². The van der Waals surface area contributed by atoms with E-state index in [0.29, 0.717) is 17.5 Å². The molecule has 1 aliphatic carbocycles. The van der Waals surface area contributed by atoms with Gasteiger partial charge in [0, 0.05) is 40.2 Å². The molecule has 2 aliphatic rings. The Labute approximate surface area is 297 Å². The van der Waals surface area contributed by atoms with Gasteiger partial charge in [0.2, 0.25) is 0 Å². The zero-order valence-electron chi connectivity index (χ0n) is 27.9. The first-order chi connectivity index (χ1) is 25.3. The Kier molecular flexibility index (Phi) is 8.02. The van der Waals surface area contributed by atoms with Crippen molar-refractivity contribution < 1.29 is 0 Å². The molecule has 0 N–H and O–H groups in total. The number of rotatable bonds is 7. The van der Waals surface area contributed by atoms with Crippen LogP contribution in [0.15, 0.2) is 175 Å². The van der Waals surface area contributed by atoms with E-state index in [1.54, 1.807) is 0 Å². The topological polar surface area (TPSA) is 68.8 Å². The van der Waals surface area contributed by atoms with Crippen LogP contribution in [0, 0.1) is 5.92 Å². The smallest absolute Gasteiger partial charge is 0.164 e. The van der Waals surface area contributed by atoms with Crippen LogP contribution in [-0.4, -0.2) is 30.7 Å². The molecule has 0 amide bonds. The Morgan fingerprint density at radius 2 is 1.04 bits per heavy atom. The molecule has 244 valence electrons. The average Bonchev–Trinajstić information content (AvgIpc) is 3.62. The van der Waals surface area contributed by atoms with E-state index in [9.17, 15) is 0 Å². The Balaban J connectivity index is 0.919. The maximum atomic E-state index is 5.06. The molecule has 6 heteroatoms. The first kappa shape index (κ1) is 30.5. The van der Waals surface area contributed by atoms with E-state index in [1.165, 1.54) is 5.57 Å². The fourth-order valence-electron chi connectivity index (χ4n) is 6.90. The van der Waals surface area contributed by atoms with E-state index in [0.717, 1.165) is 63.3 Å². The van der Waals surface area contributed by atoms with Crippen LogP contribution in [0.3, 0.4) is 0 Å². The fraction of sp³-hybridized carbons (Fsp3) is 0.0889. The second kappa shape index (κ2) is 13.4. The minimum atomic E-state index is 0.107. The van der Waals surface area contributed by atoms with Gasteiger partial charge in [-0.15, -0.1) is 0 Å². The Morgan fingerprint density at radius 1 is 0.490 bits per heavy atom. The van der Waals surface area contributed by atoms with Crippen molar-refractivity contribution in [2.45, 2.75) is 18.8 Å². The molecule has 5 aromatic carbocycles. The monoisotopic (exact) mass is 658 g/mol. The van der Waals surface area contributed by atoms with E-state index in [2.05, 4.69) is 102 Å². The summed E-state index contributed by atoms with van der Waals surface area (Å²) < 4.78 is 2.27. The maximum absolute atomic E-state index is 5.06. The Morgan fingerprint density at radius 3 is 1.63 bits per heavy atom. The third-order valence-corrected chi connectivity index (χ3v) is 9.57.